The molecule has 1 fully saturated rings. The Labute approximate surface area is 180 Å². The summed E-state index contributed by atoms with van der Waals surface area (Å²) in [5.41, 5.74) is 1.55. The van der Waals surface area contributed by atoms with Gasteiger partial charge in [-0.1, -0.05) is 30.5 Å². The molecule has 8 nitrogen and oxygen atoms in total. The summed E-state index contributed by atoms with van der Waals surface area (Å²) in [4.78, 5) is 29.7. The topological polar surface area (TPSA) is 84.9 Å². The lowest BCUT2D eigenvalue weighted by atomic mass is 10.2. The van der Waals surface area contributed by atoms with E-state index in [0.29, 0.717) is 42.7 Å². The fourth-order valence-corrected chi connectivity index (χ4v) is 4.03. The van der Waals surface area contributed by atoms with Gasteiger partial charge in [-0.25, -0.2) is 0 Å². The number of hydrogen-bond acceptors (Lipinski definition) is 7. The molecule has 2 heterocycles. The van der Waals surface area contributed by atoms with E-state index in [1.165, 1.54) is 0 Å². The first-order valence-corrected chi connectivity index (χ1v) is 10.7. The van der Waals surface area contributed by atoms with E-state index < -0.39 is 0 Å². The van der Waals surface area contributed by atoms with Crippen LogP contribution in [0.3, 0.4) is 0 Å². The van der Waals surface area contributed by atoms with Crippen molar-refractivity contribution >= 4 is 23.3 Å². The number of carbonyl (C=O) groups is 2. The first kappa shape index (κ1) is 22.2. The van der Waals surface area contributed by atoms with Crippen molar-refractivity contribution in [1.29, 1.82) is 0 Å². The maximum absolute atomic E-state index is 13.0. The molecule has 9 heteroatoms. The van der Waals surface area contributed by atoms with Gasteiger partial charge in [-0.15, -0.1) is 5.10 Å². The van der Waals surface area contributed by atoms with E-state index in [2.05, 4.69) is 23.4 Å². The second kappa shape index (κ2) is 9.99. The second-order valence-corrected chi connectivity index (χ2v) is 8.60. The van der Waals surface area contributed by atoms with Crippen molar-refractivity contribution in [2.75, 3.05) is 33.3 Å². The van der Waals surface area contributed by atoms with Crippen LogP contribution >= 0.6 is 11.5 Å². The molecule has 0 saturated carbocycles. The highest BCUT2D eigenvalue weighted by molar-refractivity contribution is 7.07. The molecule has 0 spiro atoms. The molecular weight excluding hydrogens is 404 g/mol. The number of carbonyl (C=O) groups excluding carboxylic acids is 2. The van der Waals surface area contributed by atoms with Crippen LogP contribution in [-0.2, 0) is 16.1 Å². The first-order chi connectivity index (χ1) is 14.4. The number of aromatic nitrogens is 2. The highest BCUT2D eigenvalue weighted by Crippen LogP contribution is 2.19. The summed E-state index contributed by atoms with van der Waals surface area (Å²) in [6.07, 6.45) is -0.300. The predicted octanol–water partition coefficient (Wildman–Crippen LogP) is 2.38. The summed E-state index contributed by atoms with van der Waals surface area (Å²) in [5, 5.41) is 3.92. The van der Waals surface area contributed by atoms with Crippen LogP contribution in [0.5, 0.6) is 5.75 Å². The van der Waals surface area contributed by atoms with E-state index in [1.807, 2.05) is 24.3 Å². The zero-order valence-corrected chi connectivity index (χ0v) is 18.6. The molecule has 1 aliphatic rings. The fourth-order valence-electron chi connectivity index (χ4n) is 3.40. The highest BCUT2D eigenvalue weighted by atomic mass is 32.1. The highest BCUT2D eigenvalue weighted by Gasteiger charge is 2.32. The average molecular weight is 433 g/mol. The largest absolute Gasteiger partial charge is 0.497 e. The third-order valence-corrected chi connectivity index (χ3v) is 5.68. The molecular formula is C21H28N4O4S. The van der Waals surface area contributed by atoms with Gasteiger partial charge >= 0.3 is 0 Å². The number of aryl methyl sites for hydroxylation is 1. The molecule has 1 unspecified atom stereocenters. The molecule has 0 N–H and O–H groups in total. The summed E-state index contributed by atoms with van der Waals surface area (Å²) in [6.45, 7) is 7.69. The van der Waals surface area contributed by atoms with Crippen molar-refractivity contribution in [3.63, 3.8) is 0 Å². The number of ether oxygens (including phenoxy) is 2. The summed E-state index contributed by atoms with van der Waals surface area (Å²) in [7, 11) is 1.63. The quantitative estimate of drug-likeness (QED) is 0.668. The van der Waals surface area contributed by atoms with Gasteiger partial charge in [-0.2, -0.15) is 0 Å². The van der Waals surface area contributed by atoms with Crippen LogP contribution in [0.15, 0.2) is 24.3 Å². The second-order valence-electron chi connectivity index (χ2n) is 7.85. The van der Waals surface area contributed by atoms with Gasteiger partial charge < -0.3 is 19.3 Å². The van der Waals surface area contributed by atoms with Crippen molar-refractivity contribution in [2.24, 2.45) is 5.92 Å². The van der Waals surface area contributed by atoms with Crippen molar-refractivity contribution < 1.29 is 19.1 Å². The van der Waals surface area contributed by atoms with Gasteiger partial charge in [-0.05, 0) is 42.1 Å². The van der Waals surface area contributed by atoms with E-state index in [4.69, 9.17) is 9.47 Å². The molecule has 0 bridgehead atoms. The first-order valence-electron chi connectivity index (χ1n) is 9.98. The Morgan fingerprint density at radius 1 is 1.33 bits per heavy atom. The molecule has 1 saturated heterocycles. The zero-order chi connectivity index (χ0) is 21.7. The fraction of sp³-hybridized carbons (Fsp3) is 0.524. The average Bonchev–Trinajstić information content (AvgIpc) is 3.08. The van der Waals surface area contributed by atoms with Crippen LogP contribution in [0.1, 0.15) is 34.8 Å². The minimum Gasteiger partial charge on any atom is -0.497 e. The number of amides is 2. The molecule has 2 aromatic rings. The van der Waals surface area contributed by atoms with E-state index in [-0.39, 0.29) is 24.5 Å². The molecule has 3 rings (SSSR count). The van der Waals surface area contributed by atoms with E-state index >= 15 is 0 Å². The summed E-state index contributed by atoms with van der Waals surface area (Å²) >= 11 is 1.05. The smallest absolute Gasteiger partial charge is 0.268 e. The molecule has 1 atom stereocenters. The summed E-state index contributed by atoms with van der Waals surface area (Å²) in [5.74, 6) is 0.790. The van der Waals surface area contributed by atoms with Crippen LogP contribution in [0.2, 0.25) is 0 Å². The van der Waals surface area contributed by atoms with Gasteiger partial charge in [0.05, 0.1) is 25.5 Å². The van der Waals surface area contributed by atoms with Crippen LogP contribution in [0.4, 0.5) is 0 Å². The van der Waals surface area contributed by atoms with Gasteiger partial charge in [0.2, 0.25) is 5.91 Å². The maximum atomic E-state index is 13.0. The van der Waals surface area contributed by atoms with Crippen LogP contribution in [0.25, 0.3) is 0 Å². The molecule has 30 heavy (non-hydrogen) atoms. The Morgan fingerprint density at radius 2 is 2.13 bits per heavy atom. The third-order valence-electron chi connectivity index (χ3n) is 4.87. The van der Waals surface area contributed by atoms with E-state index in [1.54, 1.807) is 23.8 Å². The molecule has 162 valence electrons. The Hall–Kier alpha value is -2.52. The molecule has 1 aromatic carbocycles. The number of hydrogen-bond donors (Lipinski definition) is 0. The van der Waals surface area contributed by atoms with Gasteiger partial charge in [0.25, 0.3) is 5.91 Å². The maximum Gasteiger partial charge on any atom is 0.268 e. The van der Waals surface area contributed by atoms with Gasteiger partial charge in [0.15, 0.2) is 0 Å². The third kappa shape index (κ3) is 5.54. The Morgan fingerprint density at radius 3 is 2.80 bits per heavy atom. The normalized spacial score (nSPS) is 17.4. The molecule has 1 aliphatic heterocycles. The lowest BCUT2D eigenvalue weighted by Gasteiger charge is -2.26. The number of rotatable bonds is 7. The lowest BCUT2D eigenvalue weighted by Crippen LogP contribution is -2.40. The van der Waals surface area contributed by atoms with Crippen LogP contribution in [-0.4, -0.2) is 70.6 Å². The summed E-state index contributed by atoms with van der Waals surface area (Å²) < 4.78 is 15.3. The standard InChI is InChI=1S/C21H28N4O4S/c1-14(2)9-24-10-18(29-13-16-6-5-7-17(8-16)28-4)11-25(12-19(24)26)21(27)20-15(3)22-23-30-20/h5-8,14,18H,9-13H2,1-4H3. The van der Waals surface area contributed by atoms with E-state index in [9.17, 15) is 9.59 Å². The number of methoxy groups -OCH3 is 1. The Kier molecular flexibility index (Phi) is 7.38. The van der Waals surface area contributed by atoms with Gasteiger partial charge in [0.1, 0.15) is 17.2 Å². The Balaban J connectivity index is 1.77. The van der Waals surface area contributed by atoms with Crippen molar-refractivity contribution in [3.05, 3.63) is 40.4 Å². The minimum atomic E-state index is -0.300. The van der Waals surface area contributed by atoms with Crippen molar-refractivity contribution in [3.8, 4) is 5.75 Å². The number of nitrogens with zero attached hydrogens (tertiary/aromatic N) is 4. The summed E-state index contributed by atoms with van der Waals surface area (Å²) in [6, 6.07) is 7.67. The molecule has 2 amide bonds. The van der Waals surface area contributed by atoms with Crippen LogP contribution < -0.4 is 4.74 Å². The van der Waals surface area contributed by atoms with Crippen molar-refractivity contribution in [2.45, 2.75) is 33.5 Å². The molecule has 0 aliphatic carbocycles. The zero-order valence-electron chi connectivity index (χ0n) is 17.8. The monoisotopic (exact) mass is 432 g/mol. The van der Waals surface area contributed by atoms with E-state index in [0.717, 1.165) is 22.8 Å². The molecule has 1 aromatic heterocycles. The van der Waals surface area contributed by atoms with Gasteiger partial charge in [0, 0.05) is 19.6 Å². The van der Waals surface area contributed by atoms with Crippen LogP contribution in [0, 0.1) is 12.8 Å². The minimum absolute atomic E-state index is 0.0297. The number of benzene rings is 1. The lowest BCUT2D eigenvalue weighted by molar-refractivity contribution is -0.132. The van der Waals surface area contributed by atoms with Gasteiger partial charge in [-0.3, -0.25) is 9.59 Å². The Bertz CT molecular complexity index is 885. The predicted molar refractivity (Wildman–Crippen MR) is 114 cm³/mol. The molecule has 0 radical (unpaired) electrons. The van der Waals surface area contributed by atoms with Crippen molar-refractivity contribution in [1.82, 2.24) is 19.4 Å². The SMILES string of the molecule is COc1cccc(COC2CN(CC(C)C)C(=O)CN(C(=O)c3snnc3C)C2)c1.